The molecule has 78 valence electrons. The maximum Gasteiger partial charge on any atom is 0.313 e. The van der Waals surface area contributed by atoms with Gasteiger partial charge in [-0.2, -0.15) is 0 Å². The van der Waals surface area contributed by atoms with Gasteiger partial charge >= 0.3 is 6.03 Å². The van der Waals surface area contributed by atoms with Crippen LogP contribution in [-0.4, -0.2) is 39.0 Å². The molecule has 13 heavy (non-hydrogen) atoms. The normalized spacial score (nSPS) is 13.8. The summed E-state index contributed by atoms with van der Waals surface area (Å²) in [5.41, 5.74) is 4.59. The van der Waals surface area contributed by atoms with Crippen molar-refractivity contribution in [1.82, 2.24) is 21.3 Å². The molecule has 0 rings (SSSR count). The fraction of sp³-hybridized carbons (Fsp3) is 0.857. The lowest BCUT2D eigenvalue weighted by Gasteiger charge is -2.37. The first kappa shape index (κ1) is 12.2. The van der Waals surface area contributed by atoms with Gasteiger partial charge in [-0.25, -0.2) is 4.79 Å². The Morgan fingerprint density at radius 1 is 1.31 bits per heavy atom. The SMILES string of the molecule is CNC(NC(N)=O)C(C)(NC)NC. The maximum absolute atomic E-state index is 10.7. The first-order valence-corrected chi connectivity index (χ1v) is 4.11. The molecule has 0 aliphatic heterocycles. The number of rotatable bonds is 5. The van der Waals surface area contributed by atoms with Gasteiger partial charge in [0.25, 0.3) is 0 Å². The molecule has 0 saturated carbocycles. The van der Waals surface area contributed by atoms with Gasteiger partial charge in [0.1, 0.15) is 6.17 Å². The van der Waals surface area contributed by atoms with Crippen LogP contribution in [0.25, 0.3) is 0 Å². The predicted molar refractivity (Wildman–Crippen MR) is 52.1 cm³/mol. The number of nitrogens with one attached hydrogen (secondary N) is 4. The highest BCUT2D eigenvalue weighted by Crippen LogP contribution is 2.01. The first-order valence-electron chi connectivity index (χ1n) is 4.11. The molecule has 0 saturated heterocycles. The summed E-state index contributed by atoms with van der Waals surface area (Å²) in [5.74, 6) is 0. The van der Waals surface area contributed by atoms with Crippen molar-refractivity contribution in [3.63, 3.8) is 0 Å². The van der Waals surface area contributed by atoms with E-state index in [0.717, 1.165) is 0 Å². The molecule has 0 radical (unpaired) electrons. The van der Waals surface area contributed by atoms with Gasteiger partial charge in [-0.3, -0.25) is 16.0 Å². The molecule has 0 heterocycles. The first-order chi connectivity index (χ1) is 6.00. The molecule has 0 fully saturated rings. The van der Waals surface area contributed by atoms with Crippen LogP contribution < -0.4 is 27.0 Å². The summed E-state index contributed by atoms with van der Waals surface area (Å²) in [5, 5.41) is 11.6. The Bertz CT molecular complexity index is 168. The van der Waals surface area contributed by atoms with E-state index in [9.17, 15) is 4.79 Å². The molecule has 2 amide bonds. The van der Waals surface area contributed by atoms with Crippen molar-refractivity contribution in [3.05, 3.63) is 0 Å². The minimum atomic E-state index is -0.559. The number of hydrogen-bond donors (Lipinski definition) is 5. The van der Waals surface area contributed by atoms with Crippen LogP contribution in [0.4, 0.5) is 4.79 Å². The summed E-state index contributed by atoms with van der Waals surface area (Å²) in [6.07, 6.45) is -0.278. The number of amides is 2. The summed E-state index contributed by atoms with van der Waals surface area (Å²) in [4.78, 5) is 10.7. The Morgan fingerprint density at radius 2 is 1.77 bits per heavy atom. The van der Waals surface area contributed by atoms with Crippen LogP contribution in [0, 0.1) is 0 Å². The van der Waals surface area contributed by atoms with Gasteiger partial charge in [0.15, 0.2) is 0 Å². The molecular formula is C7H19N5O. The highest BCUT2D eigenvalue weighted by atomic mass is 16.2. The molecule has 0 aliphatic rings. The third kappa shape index (κ3) is 3.17. The van der Waals surface area contributed by atoms with E-state index in [1.54, 1.807) is 21.1 Å². The van der Waals surface area contributed by atoms with Crippen molar-refractivity contribution in [1.29, 1.82) is 0 Å². The number of urea groups is 1. The highest BCUT2D eigenvalue weighted by molar-refractivity contribution is 5.72. The lowest BCUT2D eigenvalue weighted by atomic mass is 10.1. The molecule has 0 spiro atoms. The van der Waals surface area contributed by atoms with E-state index in [0.29, 0.717) is 0 Å². The highest BCUT2D eigenvalue weighted by Gasteiger charge is 2.30. The Kier molecular flexibility index (Phi) is 4.68. The molecule has 0 aliphatic carbocycles. The molecule has 1 unspecified atom stereocenters. The Hall–Kier alpha value is -0.850. The second-order valence-electron chi connectivity index (χ2n) is 2.93. The second-order valence-corrected chi connectivity index (χ2v) is 2.93. The van der Waals surface area contributed by atoms with Gasteiger partial charge in [0.2, 0.25) is 0 Å². The van der Waals surface area contributed by atoms with Gasteiger partial charge in [-0.05, 0) is 28.1 Å². The minimum Gasteiger partial charge on any atom is -0.352 e. The van der Waals surface area contributed by atoms with Crippen LogP contribution in [0.2, 0.25) is 0 Å². The molecule has 6 heteroatoms. The minimum absolute atomic E-state index is 0.278. The Balaban J connectivity index is 4.42. The van der Waals surface area contributed by atoms with Crippen molar-refractivity contribution in [2.45, 2.75) is 18.8 Å². The smallest absolute Gasteiger partial charge is 0.313 e. The maximum atomic E-state index is 10.7. The van der Waals surface area contributed by atoms with Crippen LogP contribution in [0.3, 0.4) is 0 Å². The number of carbonyl (C=O) groups is 1. The van der Waals surface area contributed by atoms with E-state index in [2.05, 4.69) is 21.3 Å². The van der Waals surface area contributed by atoms with Crippen LogP contribution in [-0.2, 0) is 0 Å². The summed E-state index contributed by atoms with van der Waals surface area (Å²) >= 11 is 0. The van der Waals surface area contributed by atoms with E-state index in [4.69, 9.17) is 5.73 Å². The molecule has 6 nitrogen and oxygen atoms in total. The van der Waals surface area contributed by atoms with Crippen LogP contribution in [0.5, 0.6) is 0 Å². The average Bonchev–Trinajstić information content (AvgIpc) is 2.12. The number of carbonyl (C=O) groups excluding carboxylic acids is 1. The predicted octanol–water partition coefficient (Wildman–Crippen LogP) is -1.64. The van der Waals surface area contributed by atoms with Crippen LogP contribution in [0.1, 0.15) is 6.92 Å². The summed E-state index contributed by atoms with van der Waals surface area (Å²) in [7, 11) is 5.33. The number of nitrogens with two attached hydrogens (primary N) is 1. The number of primary amides is 1. The summed E-state index contributed by atoms with van der Waals surface area (Å²) < 4.78 is 0. The lowest BCUT2D eigenvalue weighted by Crippen LogP contribution is -2.70. The largest absolute Gasteiger partial charge is 0.352 e. The van der Waals surface area contributed by atoms with Crippen molar-refractivity contribution >= 4 is 6.03 Å². The molecule has 0 aromatic rings. The zero-order valence-corrected chi connectivity index (χ0v) is 8.56. The van der Waals surface area contributed by atoms with Gasteiger partial charge in [-0.1, -0.05) is 0 Å². The zero-order chi connectivity index (χ0) is 10.5. The van der Waals surface area contributed by atoms with Gasteiger partial charge in [-0.15, -0.1) is 0 Å². The fourth-order valence-corrected chi connectivity index (χ4v) is 1.06. The third-order valence-corrected chi connectivity index (χ3v) is 2.19. The second kappa shape index (κ2) is 5.00. The molecule has 1 atom stereocenters. The monoisotopic (exact) mass is 189 g/mol. The topological polar surface area (TPSA) is 91.2 Å². The number of likely N-dealkylation sites (N-methyl/N-ethyl adjacent to an activating group) is 3. The molecule has 0 bridgehead atoms. The Morgan fingerprint density at radius 3 is 2.00 bits per heavy atom. The van der Waals surface area contributed by atoms with Gasteiger partial charge in [0, 0.05) is 0 Å². The molecule has 0 aromatic carbocycles. The van der Waals surface area contributed by atoms with Gasteiger partial charge < -0.3 is 11.1 Å². The van der Waals surface area contributed by atoms with Crippen molar-refractivity contribution < 1.29 is 4.79 Å². The van der Waals surface area contributed by atoms with E-state index < -0.39 is 11.7 Å². The standard InChI is InChI=1S/C7H19N5O/c1-7(10-3,11-4)5(9-2)12-6(8)13/h5,9-11H,1-4H3,(H3,8,12,13). The van der Waals surface area contributed by atoms with Crippen LogP contribution >= 0.6 is 0 Å². The third-order valence-electron chi connectivity index (χ3n) is 2.19. The molecule has 6 N–H and O–H groups in total. The fourth-order valence-electron chi connectivity index (χ4n) is 1.06. The average molecular weight is 189 g/mol. The summed E-state index contributed by atoms with van der Waals surface area (Å²) in [6.45, 7) is 1.91. The van der Waals surface area contributed by atoms with Crippen molar-refractivity contribution in [2.75, 3.05) is 21.1 Å². The molecular weight excluding hydrogens is 170 g/mol. The van der Waals surface area contributed by atoms with E-state index in [1.807, 2.05) is 6.92 Å². The zero-order valence-electron chi connectivity index (χ0n) is 8.56. The quantitative estimate of drug-likeness (QED) is 0.335. The Labute approximate surface area is 78.6 Å². The molecule has 0 aromatic heterocycles. The summed E-state index contributed by atoms with van der Waals surface area (Å²) in [6, 6.07) is -0.559. The van der Waals surface area contributed by atoms with E-state index >= 15 is 0 Å². The number of hydrogen-bond acceptors (Lipinski definition) is 4. The lowest BCUT2D eigenvalue weighted by molar-refractivity contribution is 0.197. The van der Waals surface area contributed by atoms with E-state index in [-0.39, 0.29) is 6.17 Å². The van der Waals surface area contributed by atoms with Gasteiger partial charge in [0.05, 0.1) is 5.66 Å². The van der Waals surface area contributed by atoms with Crippen molar-refractivity contribution in [3.8, 4) is 0 Å². The van der Waals surface area contributed by atoms with Crippen LogP contribution in [0.15, 0.2) is 0 Å². The van der Waals surface area contributed by atoms with Crippen molar-refractivity contribution in [2.24, 2.45) is 5.73 Å². The van der Waals surface area contributed by atoms with E-state index in [1.165, 1.54) is 0 Å².